The van der Waals surface area contributed by atoms with Crippen LogP contribution in [-0.2, 0) is 6.42 Å². The number of rotatable bonds is 8. The highest BCUT2D eigenvalue weighted by Gasteiger charge is 2.19. The van der Waals surface area contributed by atoms with E-state index < -0.39 is 0 Å². The van der Waals surface area contributed by atoms with Gasteiger partial charge in [-0.05, 0) is 32.4 Å². The van der Waals surface area contributed by atoms with Crippen molar-refractivity contribution in [3.05, 3.63) is 23.5 Å². The highest BCUT2D eigenvalue weighted by molar-refractivity contribution is 7.15. The number of nitrogens with one attached hydrogen (secondary N) is 2. The summed E-state index contributed by atoms with van der Waals surface area (Å²) < 4.78 is 2.18. The molecule has 0 atom stereocenters. The monoisotopic (exact) mass is 264 g/mol. The molecule has 0 radical (unpaired) electrons. The molecule has 2 N–H and O–H groups in total. The van der Waals surface area contributed by atoms with Crippen molar-refractivity contribution in [3.8, 4) is 0 Å². The molecule has 0 aliphatic heterocycles. The summed E-state index contributed by atoms with van der Waals surface area (Å²) in [4.78, 5) is 5.38. The molecular formula is C13H20N4S. The van der Waals surface area contributed by atoms with Crippen molar-refractivity contribution in [2.24, 2.45) is 0 Å². The van der Waals surface area contributed by atoms with Crippen LogP contribution >= 0.6 is 11.3 Å². The predicted octanol–water partition coefficient (Wildman–Crippen LogP) is 1.67. The largest absolute Gasteiger partial charge is 0.316 e. The van der Waals surface area contributed by atoms with E-state index in [2.05, 4.69) is 25.4 Å². The third-order valence-corrected chi connectivity index (χ3v) is 4.22. The first-order valence-corrected chi connectivity index (χ1v) is 7.65. The van der Waals surface area contributed by atoms with E-state index in [-0.39, 0.29) is 0 Å². The second-order valence-electron chi connectivity index (χ2n) is 4.89. The predicted molar refractivity (Wildman–Crippen MR) is 75.3 cm³/mol. The molecule has 0 aromatic carbocycles. The zero-order valence-electron chi connectivity index (χ0n) is 10.6. The number of hydrogen-bond acceptors (Lipinski definition) is 4. The van der Waals surface area contributed by atoms with Gasteiger partial charge >= 0.3 is 0 Å². The van der Waals surface area contributed by atoms with Gasteiger partial charge in [0.05, 0.1) is 0 Å². The summed E-state index contributed by atoms with van der Waals surface area (Å²) in [6.07, 6.45) is 8.97. The molecule has 4 nitrogen and oxygen atoms in total. The van der Waals surface area contributed by atoms with Crippen LogP contribution in [0.3, 0.4) is 0 Å². The SMILES string of the molecule is c1cn2c(CCNCCCNC3CC3)csc2n1. The Morgan fingerprint density at radius 2 is 2.28 bits per heavy atom. The van der Waals surface area contributed by atoms with E-state index in [1.165, 1.54) is 25.0 Å². The summed E-state index contributed by atoms with van der Waals surface area (Å²) in [5.74, 6) is 0. The molecule has 2 aromatic rings. The Balaban J connectivity index is 1.31. The number of fused-ring (bicyclic) bond motifs is 1. The van der Waals surface area contributed by atoms with Crippen molar-refractivity contribution >= 4 is 16.3 Å². The highest BCUT2D eigenvalue weighted by atomic mass is 32.1. The molecule has 0 spiro atoms. The molecule has 1 aliphatic rings. The number of nitrogens with zero attached hydrogens (tertiary/aromatic N) is 2. The lowest BCUT2D eigenvalue weighted by atomic mass is 10.3. The first-order valence-electron chi connectivity index (χ1n) is 6.77. The Morgan fingerprint density at radius 1 is 1.33 bits per heavy atom. The van der Waals surface area contributed by atoms with Crippen molar-refractivity contribution in [1.82, 2.24) is 20.0 Å². The molecule has 98 valence electrons. The summed E-state index contributed by atoms with van der Waals surface area (Å²) in [5, 5.41) is 9.24. The molecule has 0 saturated heterocycles. The molecule has 0 unspecified atom stereocenters. The van der Waals surface area contributed by atoms with E-state index in [0.717, 1.165) is 37.1 Å². The molecule has 2 heterocycles. The molecule has 3 rings (SSSR count). The second kappa shape index (κ2) is 5.82. The number of aromatic nitrogens is 2. The lowest BCUT2D eigenvalue weighted by molar-refractivity contribution is 0.592. The van der Waals surface area contributed by atoms with Gasteiger partial charge in [-0.25, -0.2) is 4.98 Å². The molecule has 18 heavy (non-hydrogen) atoms. The molecule has 2 aromatic heterocycles. The van der Waals surface area contributed by atoms with E-state index in [1.54, 1.807) is 11.3 Å². The van der Waals surface area contributed by atoms with E-state index >= 15 is 0 Å². The van der Waals surface area contributed by atoms with Gasteiger partial charge in [0.2, 0.25) is 0 Å². The van der Waals surface area contributed by atoms with Crippen LogP contribution in [0.1, 0.15) is 25.0 Å². The first-order chi connectivity index (χ1) is 8.93. The van der Waals surface area contributed by atoms with Crippen LogP contribution in [0.5, 0.6) is 0 Å². The van der Waals surface area contributed by atoms with Gasteiger partial charge < -0.3 is 10.6 Å². The Labute approximate surface area is 111 Å². The third kappa shape index (κ3) is 3.10. The van der Waals surface area contributed by atoms with Crippen molar-refractivity contribution in [2.45, 2.75) is 31.7 Å². The first kappa shape index (κ1) is 12.1. The van der Waals surface area contributed by atoms with Gasteiger partial charge in [0.15, 0.2) is 4.96 Å². The van der Waals surface area contributed by atoms with Gasteiger partial charge in [-0.3, -0.25) is 4.40 Å². The lowest BCUT2D eigenvalue weighted by Crippen LogP contribution is -2.24. The molecule has 0 bridgehead atoms. The Morgan fingerprint density at radius 3 is 3.17 bits per heavy atom. The average molecular weight is 264 g/mol. The quantitative estimate of drug-likeness (QED) is 0.713. The fraction of sp³-hybridized carbons (Fsp3) is 0.615. The smallest absolute Gasteiger partial charge is 0.193 e. The molecular weight excluding hydrogens is 244 g/mol. The lowest BCUT2D eigenvalue weighted by Gasteiger charge is -2.05. The summed E-state index contributed by atoms with van der Waals surface area (Å²) in [6, 6.07) is 0.838. The average Bonchev–Trinajstić information content (AvgIpc) is 2.94. The van der Waals surface area contributed by atoms with Gasteiger partial charge in [0, 0.05) is 42.5 Å². The minimum atomic E-state index is 0.838. The van der Waals surface area contributed by atoms with Crippen LogP contribution in [0.4, 0.5) is 0 Å². The Kier molecular flexibility index (Phi) is 3.93. The summed E-state index contributed by atoms with van der Waals surface area (Å²) in [6.45, 7) is 3.31. The van der Waals surface area contributed by atoms with Gasteiger partial charge in [0.25, 0.3) is 0 Å². The van der Waals surface area contributed by atoms with E-state index in [0.29, 0.717) is 0 Å². The van der Waals surface area contributed by atoms with Gasteiger partial charge in [-0.15, -0.1) is 11.3 Å². The van der Waals surface area contributed by atoms with Crippen molar-refractivity contribution in [1.29, 1.82) is 0 Å². The van der Waals surface area contributed by atoms with E-state index in [1.807, 2.05) is 12.4 Å². The molecule has 1 aliphatic carbocycles. The highest BCUT2D eigenvalue weighted by Crippen LogP contribution is 2.18. The van der Waals surface area contributed by atoms with E-state index in [4.69, 9.17) is 0 Å². The third-order valence-electron chi connectivity index (χ3n) is 3.32. The summed E-state index contributed by atoms with van der Waals surface area (Å²) in [7, 11) is 0. The maximum atomic E-state index is 4.28. The van der Waals surface area contributed by atoms with Crippen LogP contribution in [0.15, 0.2) is 17.8 Å². The molecule has 5 heteroatoms. The van der Waals surface area contributed by atoms with Gasteiger partial charge in [0.1, 0.15) is 0 Å². The number of hydrogen-bond donors (Lipinski definition) is 2. The van der Waals surface area contributed by atoms with Gasteiger partial charge in [-0.2, -0.15) is 0 Å². The maximum absolute atomic E-state index is 4.28. The van der Waals surface area contributed by atoms with Crippen LogP contribution in [0.25, 0.3) is 4.96 Å². The van der Waals surface area contributed by atoms with E-state index in [9.17, 15) is 0 Å². The van der Waals surface area contributed by atoms with Crippen molar-refractivity contribution < 1.29 is 0 Å². The summed E-state index contributed by atoms with van der Waals surface area (Å²) in [5.41, 5.74) is 1.36. The maximum Gasteiger partial charge on any atom is 0.193 e. The minimum Gasteiger partial charge on any atom is -0.316 e. The van der Waals surface area contributed by atoms with Crippen LogP contribution in [-0.4, -0.2) is 35.1 Å². The van der Waals surface area contributed by atoms with Crippen molar-refractivity contribution in [3.63, 3.8) is 0 Å². The fourth-order valence-electron chi connectivity index (χ4n) is 2.10. The zero-order valence-corrected chi connectivity index (χ0v) is 11.4. The van der Waals surface area contributed by atoms with Crippen molar-refractivity contribution in [2.75, 3.05) is 19.6 Å². The topological polar surface area (TPSA) is 41.4 Å². The van der Waals surface area contributed by atoms with Crippen LogP contribution < -0.4 is 10.6 Å². The Bertz CT molecular complexity index is 486. The van der Waals surface area contributed by atoms with Crippen LogP contribution in [0, 0.1) is 0 Å². The minimum absolute atomic E-state index is 0.838. The zero-order chi connectivity index (χ0) is 12.2. The number of thiazole rings is 1. The molecule has 1 saturated carbocycles. The second-order valence-corrected chi connectivity index (χ2v) is 5.73. The van der Waals surface area contributed by atoms with Crippen LogP contribution in [0.2, 0.25) is 0 Å². The number of imidazole rings is 1. The normalized spacial score (nSPS) is 15.6. The standard InChI is InChI=1S/C13H20N4S/c1(6-15-11-2-3-11)5-14-7-4-12-10-18-13-16-8-9-17(12)13/h8-11,14-15H,1-7H2. The molecule has 0 amide bonds. The summed E-state index contributed by atoms with van der Waals surface area (Å²) >= 11 is 1.72. The molecule has 1 fully saturated rings. The Hall–Kier alpha value is -0.910. The fourth-order valence-corrected chi connectivity index (χ4v) is 2.99. The van der Waals surface area contributed by atoms with Gasteiger partial charge in [-0.1, -0.05) is 0 Å².